The lowest BCUT2D eigenvalue weighted by Gasteiger charge is -2.30. The molecule has 1 saturated carbocycles. The molecule has 2 fully saturated rings. The number of fused-ring (bicyclic) bond motifs is 2. The lowest BCUT2D eigenvalue weighted by molar-refractivity contribution is -0.150. The van der Waals surface area contributed by atoms with Crippen LogP contribution in [0.3, 0.4) is 0 Å². The minimum Gasteiger partial charge on any atom is -0.464 e. The highest BCUT2D eigenvalue weighted by molar-refractivity contribution is 5.96. The molecule has 41 heavy (non-hydrogen) atoms. The van der Waals surface area contributed by atoms with E-state index < -0.39 is 59.1 Å². The molecule has 3 aliphatic rings. The minimum atomic E-state index is -4.80. The molecular weight excluding hydrogens is 550 g/mol. The number of rotatable bonds is 6. The zero-order chi connectivity index (χ0) is 29.8. The molecule has 224 valence electrons. The first kappa shape index (κ1) is 30.3. The van der Waals surface area contributed by atoms with E-state index in [1.165, 1.54) is 4.90 Å². The van der Waals surface area contributed by atoms with Gasteiger partial charge in [0.15, 0.2) is 0 Å². The average Bonchev–Trinajstić information content (AvgIpc) is 3.43. The van der Waals surface area contributed by atoms with E-state index in [4.69, 9.17) is 9.47 Å². The van der Waals surface area contributed by atoms with Crippen LogP contribution in [0.15, 0.2) is 30.4 Å². The van der Waals surface area contributed by atoms with Crippen molar-refractivity contribution in [2.75, 3.05) is 18.5 Å². The Kier molecular flexibility index (Phi) is 9.23. The molecule has 0 bridgehead atoms. The Morgan fingerprint density at radius 2 is 2.00 bits per heavy atom. The van der Waals surface area contributed by atoms with Crippen molar-refractivity contribution in [1.82, 2.24) is 10.2 Å². The van der Waals surface area contributed by atoms with Gasteiger partial charge in [0.05, 0.1) is 18.7 Å². The lowest BCUT2D eigenvalue weighted by atomic mass is 10.0. The molecule has 2 heterocycles. The molecule has 1 aromatic rings. The number of carbonyl (C=O) groups is 4. The van der Waals surface area contributed by atoms with Gasteiger partial charge in [-0.15, -0.1) is 0 Å². The summed E-state index contributed by atoms with van der Waals surface area (Å²) in [6, 6.07) is -0.275. The number of allylic oxidation sites excluding steroid dienone is 1. The van der Waals surface area contributed by atoms with Gasteiger partial charge < -0.3 is 25.0 Å². The molecule has 1 saturated heterocycles. The first-order valence-corrected chi connectivity index (χ1v) is 13.7. The molecule has 0 aromatic heterocycles. The van der Waals surface area contributed by atoms with Gasteiger partial charge in [0.1, 0.15) is 29.5 Å². The van der Waals surface area contributed by atoms with Crippen LogP contribution in [0.25, 0.3) is 0 Å². The summed E-state index contributed by atoms with van der Waals surface area (Å²) in [5.41, 5.74) is -2.73. The number of alkyl halides is 3. The van der Waals surface area contributed by atoms with Crippen molar-refractivity contribution in [1.29, 1.82) is 0 Å². The predicted octanol–water partition coefficient (Wildman–Crippen LogP) is 3.73. The van der Waals surface area contributed by atoms with Crippen LogP contribution < -0.4 is 10.6 Å². The van der Waals surface area contributed by atoms with E-state index in [0.29, 0.717) is 31.7 Å². The molecule has 0 unspecified atom stereocenters. The molecule has 13 heteroatoms. The van der Waals surface area contributed by atoms with Crippen LogP contribution in [0, 0.1) is 11.7 Å². The van der Waals surface area contributed by atoms with Gasteiger partial charge in [0.2, 0.25) is 11.8 Å². The fourth-order valence-corrected chi connectivity index (χ4v) is 5.52. The van der Waals surface area contributed by atoms with E-state index in [9.17, 15) is 36.7 Å². The Morgan fingerprint density at radius 1 is 1.22 bits per heavy atom. The summed E-state index contributed by atoms with van der Waals surface area (Å²) in [4.78, 5) is 52.6. The average molecular weight is 584 g/mol. The predicted molar refractivity (Wildman–Crippen MR) is 138 cm³/mol. The molecule has 2 aliphatic heterocycles. The van der Waals surface area contributed by atoms with E-state index in [-0.39, 0.29) is 44.1 Å². The third-order valence-electron chi connectivity index (χ3n) is 7.69. The largest absolute Gasteiger partial charge is 0.464 e. The van der Waals surface area contributed by atoms with E-state index in [2.05, 4.69) is 10.6 Å². The van der Waals surface area contributed by atoms with Crippen molar-refractivity contribution in [3.05, 3.63) is 41.7 Å². The SMILES string of the molecule is CCOC(=O)[C@@]12C[C@H]1/C=C\CCCCC[C@H](Nc1cc(F)cc(C(F)(F)F)c1)C(=O)N1C[C@H](OC=O)C[C@H]1C(=O)N2. The van der Waals surface area contributed by atoms with Gasteiger partial charge >= 0.3 is 12.1 Å². The number of hydrogen-bond acceptors (Lipinski definition) is 7. The Labute approximate surface area is 234 Å². The molecule has 0 radical (unpaired) electrons. The number of halogens is 4. The quantitative estimate of drug-likeness (QED) is 0.227. The Balaban J connectivity index is 1.65. The number of benzene rings is 1. The summed E-state index contributed by atoms with van der Waals surface area (Å²) in [5.74, 6) is -3.26. The van der Waals surface area contributed by atoms with Crippen LogP contribution in [0.2, 0.25) is 0 Å². The highest BCUT2D eigenvalue weighted by Crippen LogP contribution is 2.46. The van der Waals surface area contributed by atoms with Crippen LogP contribution in [-0.4, -0.2) is 66.0 Å². The van der Waals surface area contributed by atoms with Crippen molar-refractivity contribution in [2.45, 2.75) is 81.8 Å². The lowest BCUT2D eigenvalue weighted by Crippen LogP contribution is -2.55. The third kappa shape index (κ3) is 6.99. The van der Waals surface area contributed by atoms with E-state index >= 15 is 0 Å². The number of nitrogens with zero attached hydrogens (tertiary/aromatic N) is 1. The summed E-state index contributed by atoms with van der Waals surface area (Å²) in [6.07, 6.45) is 1.33. The molecule has 2 amide bonds. The normalized spacial score (nSPS) is 29.6. The Bertz CT molecular complexity index is 1190. The molecule has 9 nitrogen and oxygen atoms in total. The second kappa shape index (κ2) is 12.5. The fraction of sp³-hybridized carbons (Fsp3) is 0.571. The zero-order valence-corrected chi connectivity index (χ0v) is 22.5. The maximum Gasteiger partial charge on any atom is 0.416 e. The standard InChI is InChI=1S/C28H33F4N3O6/c1-2-40-26(39)27-14-17(27)8-6-4-3-5-7-9-22(33-20-11-18(28(30,31)32)10-19(29)12-20)25(38)35-15-21(41-16-36)13-23(35)24(37)34-27/h6,8,10-12,16-17,21-23,33H,2-5,7,9,13-15H2,1H3,(H,34,37)/b8-6-/t17-,21-,22+,23+,27-/m1/s1. The van der Waals surface area contributed by atoms with Crippen LogP contribution in [0.4, 0.5) is 23.2 Å². The van der Waals surface area contributed by atoms with Crippen molar-refractivity contribution in [2.24, 2.45) is 5.92 Å². The fourth-order valence-electron chi connectivity index (χ4n) is 5.52. The number of esters is 1. The topological polar surface area (TPSA) is 114 Å². The van der Waals surface area contributed by atoms with Gasteiger partial charge in [-0.25, -0.2) is 9.18 Å². The minimum absolute atomic E-state index is 0.0410. The molecule has 4 rings (SSSR count). The third-order valence-corrected chi connectivity index (χ3v) is 7.69. The molecule has 2 N–H and O–H groups in total. The summed E-state index contributed by atoms with van der Waals surface area (Å²) in [7, 11) is 0. The molecule has 1 aliphatic carbocycles. The number of ether oxygens (including phenoxy) is 2. The van der Waals surface area contributed by atoms with Crippen LogP contribution in [0.5, 0.6) is 0 Å². The summed E-state index contributed by atoms with van der Waals surface area (Å²) >= 11 is 0. The molecule has 5 atom stereocenters. The van der Waals surface area contributed by atoms with Gasteiger partial charge in [0.25, 0.3) is 6.47 Å². The highest BCUT2D eigenvalue weighted by atomic mass is 19.4. The van der Waals surface area contributed by atoms with E-state index in [1.54, 1.807) is 6.92 Å². The smallest absolute Gasteiger partial charge is 0.416 e. The maximum atomic E-state index is 14.1. The number of amides is 2. The van der Waals surface area contributed by atoms with Crippen LogP contribution in [-0.2, 0) is 34.8 Å². The number of hydrogen-bond donors (Lipinski definition) is 2. The van der Waals surface area contributed by atoms with Gasteiger partial charge in [-0.2, -0.15) is 13.2 Å². The second-order valence-corrected chi connectivity index (χ2v) is 10.6. The number of carbonyl (C=O) groups excluding carboxylic acids is 4. The van der Waals surface area contributed by atoms with Gasteiger partial charge in [0, 0.05) is 18.0 Å². The number of anilines is 1. The summed E-state index contributed by atoms with van der Waals surface area (Å²) < 4.78 is 64.4. The summed E-state index contributed by atoms with van der Waals surface area (Å²) in [6.45, 7) is 1.83. The van der Waals surface area contributed by atoms with Crippen molar-refractivity contribution in [3.63, 3.8) is 0 Å². The Morgan fingerprint density at radius 3 is 2.71 bits per heavy atom. The summed E-state index contributed by atoms with van der Waals surface area (Å²) in [5, 5.41) is 5.52. The number of nitrogens with one attached hydrogen (secondary N) is 2. The van der Waals surface area contributed by atoms with Crippen molar-refractivity contribution >= 4 is 29.9 Å². The Hall–Kier alpha value is -3.64. The van der Waals surface area contributed by atoms with E-state index in [1.807, 2.05) is 12.2 Å². The van der Waals surface area contributed by atoms with Crippen molar-refractivity contribution < 1.29 is 46.2 Å². The second-order valence-electron chi connectivity index (χ2n) is 10.6. The van der Waals surface area contributed by atoms with Crippen LogP contribution >= 0.6 is 0 Å². The van der Waals surface area contributed by atoms with Crippen LogP contribution in [0.1, 0.15) is 57.4 Å². The molecule has 0 spiro atoms. The van der Waals surface area contributed by atoms with Gasteiger partial charge in [-0.3, -0.25) is 14.4 Å². The maximum absolute atomic E-state index is 14.1. The monoisotopic (exact) mass is 583 g/mol. The van der Waals surface area contributed by atoms with Gasteiger partial charge in [-0.1, -0.05) is 25.0 Å². The molecule has 1 aromatic carbocycles. The van der Waals surface area contributed by atoms with E-state index in [0.717, 1.165) is 18.6 Å². The zero-order valence-electron chi connectivity index (χ0n) is 22.5. The first-order chi connectivity index (χ1) is 19.5. The molecular formula is C28H33F4N3O6. The highest BCUT2D eigenvalue weighted by Gasteiger charge is 2.62. The van der Waals surface area contributed by atoms with Crippen molar-refractivity contribution in [3.8, 4) is 0 Å². The first-order valence-electron chi connectivity index (χ1n) is 13.7. The van der Waals surface area contributed by atoms with Gasteiger partial charge in [-0.05, 0) is 50.8 Å².